The molecule has 5 nitrogen and oxygen atoms in total. The van der Waals surface area contributed by atoms with Gasteiger partial charge in [0, 0.05) is 0 Å². The van der Waals surface area contributed by atoms with Crippen LogP contribution >= 0.6 is 0 Å². The zero-order valence-corrected chi connectivity index (χ0v) is 8.87. The number of nitrogens with two attached hydrogens (primary N) is 1. The highest BCUT2D eigenvalue weighted by atomic mass is 16.5. The third-order valence-corrected chi connectivity index (χ3v) is 1.64. The Kier molecular flexibility index (Phi) is 5.87. The molecule has 0 spiro atoms. The molecule has 0 bridgehead atoms. The molecular weight excluding hydrogens is 184 g/mol. The normalized spacial score (nSPS) is 12.6. The number of rotatable bonds is 6. The maximum absolute atomic E-state index is 11.2. The molecular formula is C9H18N2O3. The molecule has 0 saturated heterocycles. The van der Waals surface area contributed by atoms with Crippen LogP contribution in [-0.4, -0.2) is 31.6 Å². The van der Waals surface area contributed by atoms with Crippen molar-refractivity contribution in [2.45, 2.75) is 26.3 Å². The molecule has 0 aliphatic heterocycles. The number of amides is 1. The fourth-order valence-corrected chi connectivity index (χ4v) is 0.830. The molecule has 0 radical (unpaired) electrons. The van der Waals surface area contributed by atoms with Crippen molar-refractivity contribution >= 4 is 11.9 Å². The Morgan fingerprint density at radius 3 is 2.36 bits per heavy atom. The van der Waals surface area contributed by atoms with Crippen LogP contribution in [0, 0.1) is 5.92 Å². The van der Waals surface area contributed by atoms with E-state index in [2.05, 4.69) is 5.32 Å². The van der Waals surface area contributed by atoms with Gasteiger partial charge in [-0.3, -0.25) is 9.59 Å². The number of primary amides is 1. The van der Waals surface area contributed by atoms with Crippen molar-refractivity contribution in [3.05, 3.63) is 0 Å². The van der Waals surface area contributed by atoms with Gasteiger partial charge in [0.05, 0.1) is 19.1 Å². The molecule has 0 aromatic heterocycles. The molecule has 5 heteroatoms. The highest BCUT2D eigenvalue weighted by molar-refractivity contribution is 5.85. The molecule has 0 aromatic rings. The maximum atomic E-state index is 11.2. The van der Waals surface area contributed by atoms with E-state index in [1.165, 1.54) is 0 Å². The fourth-order valence-electron chi connectivity index (χ4n) is 0.830. The van der Waals surface area contributed by atoms with Crippen molar-refractivity contribution in [3.8, 4) is 0 Å². The summed E-state index contributed by atoms with van der Waals surface area (Å²) in [5, 5.41) is 2.64. The van der Waals surface area contributed by atoms with Gasteiger partial charge in [0.25, 0.3) is 0 Å². The number of ether oxygens (including phenoxy) is 1. The van der Waals surface area contributed by atoms with Gasteiger partial charge in [-0.1, -0.05) is 13.8 Å². The van der Waals surface area contributed by atoms with Crippen molar-refractivity contribution in [1.82, 2.24) is 5.32 Å². The number of hydrogen-bond acceptors (Lipinski definition) is 4. The predicted molar refractivity (Wildman–Crippen MR) is 52.5 cm³/mol. The largest absolute Gasteiger partial charge is 0.465 e. The summed E-state index contributed by atoms with van der Waals surface area (Å²) in [6, 6.07) is -0.644. The summed E-state index contributed by atoms with van der Waals surface area (Å²) in [5.41, 5.74) is 5.04. The topological polar surface area (TPSA) is 81.4 Å². The lowest BCUT2D eigenvalue weighted by molar-refractivity contribution is -0.146. The van der Waals surface area contributed by atoms with E-state index in [0.717, 1.165) is 0 Å². The van der Waals surface area contributed by atoms with Gasteiger partial charge in [-0.2, -0.15) is 0 Å². The molecule has 0 aliphatic rings. The lowest BCUT2D eigenvalue weighted by Crippen LogP contribution is -2.41. The zero-order chi connectivity index (χ0) is 11.1. The van der Waals surface area contributed by atoms with E-state index in [4.69, 9.17) is 10.5 Å². The molecule has 0 aromatic carbocycles. The Morgan fingerprint density at radius 2 is 2.00 bits per heavy atom. The third-order valence-electron chi connectivity index (χ3n) is 1.64. The van der Waals surface area contributed by atoms with E-state index in [0.29, 0.717) is 12.5 Å². The van der Waals surface area contributed by atoms with E-state index in [9.17, 15) is 9.59 Å². The van der Waals surface area contributed by atoms with Crippen LogP contribution in [0.25, 0.3) is 0 Å². The van der Waals surface area contributed by atoms with Crippen LogP contribution < -0.4 is 11.1 Å². The van der Waals surface area contributed by atoms with E-state index in [1.807, 2.05) is 13.8 Å². The molecule has 0 aliphatic carbocycles. The van der Waals surface area contributed by atoms with Gasteiger partial charge >= 0.3 is 5.97 Å². The number of nitrogens with one attached hydrogen (secondary N) is 1. The van der Waals surface area contributed by atoms with Crippen molar-refractivity contribution in [1.29, 1.82) is 0 Å². The van der Waals surface area contributed by atoms with Crippen LogP contribution in [0.1, 0.15) is 20.3 Å². The first-order chi connectivity index (χ1) is 6.47. The van der Waals surface area contributed by atoms with E-state index in [-0.39, 0.29) is 6.42 Å². The minimum absolute atomic E-state index is 0.0153. The second kappa shape index (κ2) is 6.37. The number of likely N-dealkylation sites (N-methyl/N-ethyl adjacent to an activating group) is 1. The first-order valence-electron chi connectivity index (χ1n) is 4.59. The molecule has 3 N–H and O–H groups in total. The Bertz CT molecular complexity index is 204. The van der Waals surface area contributed by atoms with Gasteiger partial charge in [0.1, 0.15) is 0 Å². The molecule has 14 heavy (non-hydrogen) atoms. The van der Waals surface area contributed by atoms with Crippen LogP contribution in [0.2, 0.25) is 0 Å². The lowest BCUT2D eigenvalue weighted by Gasteiger charge is -2.12. The maximum Gasteiger partial charge on any atom is 0.307 e. The van der Waals surface area contributed by atoms with Gasteiger partial charge in [0.2, 0.25) is 5.91 Å². The molecule has 0 heterocycles. The van der Waals surface area contributed by atoms with Crippen molar-refractivity contribution in [2.75, 3.05) is 13.7 Å². The van der Waals surface area contributed by atoms with Crippen LogP contribution in [0.15, 0.2) is 0 Å². The van der Waals surface area contributed by atoms with E-state index < -0.39 is 17.9 Å². The van der Waals surface area contributed by atoms with Gasteiger partial charge in [-0.15, -0.1) is 0 Å². The summed E-state index contributed by atoms with van der Waals surface area (Å²) in [4.78, 5) is 21.9. The smallest absolute Gasteiger partial charge is 0.307 e. The minimum atomic E-state index is -0.644. The van der Waals surface area contributed by atoms with Crippen LogP contribution in [-0.2, 0) is 14.3 Å². The second-order valence-electron chi connectivity index (χ2n) is 3.52. The Balaban J connectivity index is 3.85. The molecule has 0 saturated carbocycles. The van der Waals surface area contributed by atoms with Gasteiger partial charge in [-0.05, 0) is 13.0 Å². The number of carbonyl (C=O) groups is 2. The molecule has 82 valence electrons. The predicted octanol–water partition coefficient (Wildman–Crippen LogP) is -0.351. The number of hydrogen-bond donors (Lipinski definition) is 2. The van der Waals surface area contributed by atoms with Crippen LogP contribution in [0.5, 0.6) is 0 Å². The third kappa shape index (κ3) is 5.53. The zero-order valence-electron chi connectivity index (χ0n) is 8.87. The molecule has 1 amide bonds. The summed E-state index contributed by atoms with van der Waals surface area (Å²) in [5.74, 6) is -0.661. The van der Waals surface area contributed by atoms with Crippen molar-refractivity contribution < 1.29 is 14.3 Å². The van der Waals surface area contributed by atoms with Crippen LogP contribution in [0.4, 0.5) is 0 Å². The summed E-state index contributed by atoms with van der Waals surface area (Å²) < 4.78 is 4.90. The Hall–Kier alpha value is -1.10. The Labute approximate surface area is 84.0 Å². The second-order valence-corrected chi connectivity index (χ2v) is 3.52. The van der Waals surface area contributed by atoms with Gasteiger partial charge < -0.3 is 15.8 Å². The van der Waals surface area contributed by atoms with Crippen LogP contribution in [0.3, 0.4) is 0 Å². The highest BCUT2D eigenvalue weighted by Crippen LogP contribution is 1.98. The molecule has 0 unspecified atom stereocenters. The first kappa shape index (κ1) is 12.9. The fraction of sp³-hybridized carbons (Fsp3) is 0.778. The van der Waals surface area contributed by atoms with Gasteiger partial charge in [0.15, 0.2) is 0 Å². The quantitative estimate of drug-likeness (QED) is 0.577. The van der Waals surface area contributed by atoms with E-state index >= 15 is 0 Å². The summed E-state index contributed by atoms with van der Waals surface area (Å²) >= 11 is 0. The summed E-state index contributed by atoms with van der Waals surface area (Å²) in [7, 11) is 1.57. The average molecular weight is 202 g/mol. The highest BCUT2D eigenvalue weighted by Gasteiger charge is 2.18. The standard InChI is InChI=1S/C9H18N2O3/c1-6(2)5-14-8(12)4-7(11-3)9(10)13/h6-7,11H,4-5H2,1-3H3,(H2,10,13)/t7-/m0/s1. The number of carbonyl (C=O) groups excluding carboxylic acids is 2. The summed E-state index contributed by atoms with van der Waals surface area (Å²) in [6.45, 7) is 4.25. The lowest BCUT2D eigenvalue weighted by atomic mass is 10.2. The summed E-state index contributed by atoms with van der Waals surface area (Å²) in [6.07, 6.45) is -0.0153. The van der Waals surface area contributed by atoms with E-state index in [1.54, 1.807) is 7.05 Å². The average Bonchev–Trinajstić information content (AvgIpc) is 2.10. The molecule has 0 fully saturated rings. The molecule has 0 rings (SSSR count). The SMILES string of the molecule is CN[C@@H](CC(=O)OCC(C)C)C(N)=O. The van der Waals surface area contributed by atoms with Crippen molar-refractivity contribution in [3.63, 3.8) is 0 Å². The first-order valence-corrected chi connectivity index (χ1v) is 4.59. The Morgan fingerprint density at radius 1 is 1.43 bits per heavy atom. The van der Waals surface area contributed by atoms with Crippen molar-refractivity contribution in [2.24, 2.45) is 11.7 Å². The monoisotopic (exact) mass is 202 g/mol. The minimum Gasteiger partial charge on any atom is -0.465 e. The number of esters is 1. The van der Waals surface area contributed by atoms with Gasteiger partial charge in [-0.25, -0.2) is 0 Å². The molecule has 1 atom stereocenters.